The van der Waals surface area contributed by atoms with Crippen LogP contribution in [-0.4, -0.2) is 58.7 Å². The number of hydrogen-bond donors (Lipinski definition) is 5. The first-order valence-corrected chi connectivity index (χ1v) is 10.2. The third-order valence-corrected chi connectivity index (χ3v) is 5.58. The topological polar surface area (TPSA) is 132 Å². The second-order valence-electron chi connectivity index (χ2n) is 8.16. The smallest absolute Gasteiger partial charge is 0.398 e. The molecule has 3 heterocycles. The van der Waals surface area contributed by atoms with Gasteiger partial charge in [-0.2, -0.15) is 13.2 Å². The number of aliphatic hydroxyl groups excluding tert-OH is 2. The van der Waals surface area contributed by atoms with E-state index in [1.165, 1.54) is 0 Å². The van der Waals surface area contributed by atoms with Crippen molar-refractivity contribution in [3.8, 4) is 5.75 Å². The predicted octanol–water partition coefficient (Wildman–Crippen LogP) is -0.393. The van der Waals surface area contributed by atoms with Gasteiger partial charge in [-0.3, -0.25) is 5.73 Å². The van der Waals surface area contributed by atoms with Crippen molar-refractivity contribution >= 4 is 11.7 Å². The molecule has 0 amide bonds. The van der Waals surface area contributed by atoms with Crippen LogP contribution in [0.1, 0.15) is 26.7 Å². The van der Waals surface area contributed by atoms with E-state index in [9.17, 15) is 23.4 Å². The third kappa shape index (κ3) is 5.04. The summed E-state index contributed by atoms with van der Waals surface area (Å²) in [6.07, 6.45) is -6.05. The molecular formula is C20H29F3N5O3+. The number of nitrogens with zero attached hydrogens (tertiary/aromatic N) is 2. The van der Waals surface area contributed by atoms with Gasteiger partial charge in [0.1, 0.15) is 23.6 Å². The first kappa shape index (κ1) is 23.1. The summed E-state index contributed by atoms with van der Waals surface area (Å²) in [6.45, 7) is 4.94. The fourth-order valence-electron chi connectivity index (χ4n) is 4.08. The fourth-order valence-corrected chi connectivity index (χ4v) is 4.08. The summed E-state index contributed by atoms with van der Waals surface area (Å²) in [5, 5.41) is 19.6. The number of ether oxygens (including phenoxy) is 1. The van der Waals surface area contributed by atoms with Crippen molar-refractivity contribution in [1.29, 1.82) is 0 Å². The lowest BCUT2D eigenvalue weighted by Crippen LogP contribution is -2.89. The van der Waals surface area contributed by atoms with Crippen LogP contribution in [0, 0.1) is 11.8 Å². The number of amidine groups is 1. The van der Waals surface area contributed by atoms with E-state index >= 15 is 0 Å². The average Bonchev–Trinajstić information content (AvgIpc) is 2.69. The molecule has 1 fully saturated rings. The summed E-state index contributed by atoms with van der Waals surface area (Å²) in [5.41, 5.74) is 11.5. The van der Waals surface area contributed by atoms with Crippen molar-refractivity contribution in [1.82, 2.24) is 4.98 Å². The number of piperidine rings is 1. The zero-order chi connectivity index (χ0) is 22.9. The molecule has 3 rings (SSSR count). The highest BCUT2D eigenvalue weighted by atomic mass is 19.4. The number of aromatic nitrogens is 1. The summed E-state index contributed by atoms with van der Waals surface area (Å²) >= 11 is 0. The Morgan fingerprint density at radius 1 is 1.26 bits per heavy atom. The Morgan fingerprint density at radius 2 is 1.90 bits per heavy atom. The first-order valence-electron chi connectivity index (χ1n) is 10.2. The highest BCUT2D eigenvalue weighted by Gasteiger charge is 2.55. The molecule has 1 unspecified atom stereocenters. The Labute approximate surface area is 178 Å². The number of halogens is 3. The molecule has 1 aromatic rings. The van der Waals surface area contributed by atoms with Gasteiger partial charge in [0.25, 0.3) is 5.84 Å². The van der Waals surface area contributed by atoms with Crippen LogP contribution >= 0.6 is 0 Å². The van der Waals surface area contributed by atoms with Crippen LogP contribution in [0.5, 0.6) is 5.75 Å². The first-order chi connectivity index (χ1) is 14.5. The van der Waals surface area contributed by atoms with Gasteiger partial charge >= 0.3 is 6.18 Å². The minimum Gasteiger partial charge on any atom is -0.489 e. The lowest BCUT2D eigenvalue weighted by atomic mass is 9.81. The van der Waals surface area contributed by atoms with Gasteiger partial charge < -0.3 is 25.6 Å². The maximum Gasteiger partial charge on any atom is 0.398 e. The number of nitrogens with one attached hydrogen (secondary N) is 1. The van der Waals surface area contributed by atoms with Gasteiger partial charge in [-0.05, 0) is 38.8 Å². The lowest BCUT2D eigenvalue weighted by Gasteiger charge is -2.36. The highest BCUT2D eigenvalue weighted by Crippen LogP contribution is 2.39. The van der Waals surface area contributed by atoms with Crippen molar-refractivity contribution in [2.24, 2.45) is 23.3 Å². The van der Waals surface area contributed by atoms with E-state index in [1.807, 2.05) is 30.9 Å². The maximum atomic E-state index is 13.6. The predicted molar refractivity (Wildman–Crippen MR) is 108 cm³/mol. The van der Waals surface area contributed by atoms with Crippen molar-refractivity contribution < 1.29 is 33.1 Å². The minimum absolute atomic E-state index is 0.00781. The van der Waals surface area contributed by atoms with Crippen molar-refractivity contribution in [3.05, 3.63) is 29.6 Å². The number of pyridine rings is 1. The maximum absolute atomic E-state index is 13.6. The van der Waals surface area contributed by atoms with Gasteiger partial charge in [0.15, 0.2) is 0 Å². The molecule has 2 aliphatic heterocycles. The van der Waals surface area contributed by atoms with E-state index < -0.39 is 24.4 Å². The Hall–Kier alpha value is -2.53. The number of hydrogen-bond acceptors (Lipinski definition) is 7. The Kier molecular flexibility index (Phi) is 6.65. The third-order valence-electron chi connectivity index (χ3n) is 5.58. The van der Waals surface area contributed by atoms with E-state index in [4.69, 9.17) is 16.2 Å². The van der Waals surface area contributed by atoms with Gasteiger partial charge in [0.05, 0.1) is 17.9 Å². The number of nitrogens with two attached hydrogens (primary N) is 2. The number of anilines is 1. The summed E-state index contributed by atoms with van der Waals surface area (Å²) in [4.78, 5) is 8.72. The summed E-state index contributed by atoms with van der Waals surface area (Å²) in [5.74, 6) is -1.64. The normalized spacial score (nSPS) is 27.3. The van der Waals surface area contributed by atoms with Crippen LogP contribution in [0.4, 0.5) is 19.0 Å². The number of allylic oxidation sites excluding steroid dienone is 1. The number of alkyl halides is 3. The van der Waals surface area contributed by atoms with Crippen LogP contribution in [-0.2, 0) is 0 Å². The SMILES string of the molecule is CC(C)Oc1ccc(N2CCC(C(N)=C3C(N)=[NH+]C(O)[C@H](O)[C@@H]3C(F)(F)F)CC2)nc1. The molecule has 31 heavy (non-hydrogen) atoms. The minimum atomic E-state index is -4.81. The van der Waals surface area contributed by atoms with Crippen molar-refractivity contribution in [2.45, 2.75) is 51.3 Å². The van der Waals surface area contributed by atoms with Gasteiger partial charge in [-0.15, -0.1) is 0 Å². The molecule has 0 radical (unpaired) electrons. The standard InChI is InChI=1S/C20H28F3N5O3/c1-10(2)31-12-3-4-13(26-9-12)28-7-5-11(6-8-28)16(24)14-15(20(21,22)23)17(29)19(30)27-18(14)25/h3-4,9-11,15,17,19,29-30H,5-8,24H2,1-2H3,(H2,25,27)/p+1/t15-,17-,19?/m1/s1. The van der Waals surface area contributed by atoms with Crippen LogP contribution in [0.2, 0.25) is 0 Å². The average molecular weight is 444 g/mol. The van der Waals surface area contributed by atoms with Crippen molar-refractivity contribution in [3.63, 3.8) is 0 Å². The quantitative estimate of drug-likeness (QED) is 0.427. The largest absolute Gasteiger partial charge is 0.489 e. The molecule has 8 nitrogen and oxygen atoms in total. The highest BCUT2D eigenvalue weighted by molar-refractivity contribution is 5.94. The number of rotatable bonds is 4. The van der Waals surface area contributed by atoms with Gasteiger partial charge in [0, 0.05) is 24.7 Å². The van der Waals surface area contributed by atoms with E-state index in [1.54, 1.807) is 6.20 Å². The van der Waals surface area contributed by atoms with E-state index in [0.717, 1.165) is 5.82 Å². The van der Waals surface area contributed by atoms with Gasteiger partial charge in [-0.25, -0.2) is 9.98 Å². The zero-order valence-corrected chi connectivity index (χ0v) is 17.4. The molecule has 1 aromatic heterocycles. The lowest BCUT2D eigenvalue weighted by molar-refractivity contribution is -0.579. The molecule has 11 heteroatoms. The summed E-state index contributed by atoms with van der Waals surface area (Å²) < 4.78 is 46.5. The Bertz CT molecular complexity index is 833. The Morgan fingerprint density at radius 3 is 2.42 bits per heavy atom. The molecule has 1 saturated heterocycles. The van der Waals surface area contributed by atoms with E-state index in [-0.39, 0.29) is 29.1 Å². The molecule has 0 bridgehead atoms. The molecule has 0 aliphatic carbocycles. The summed E-state index contributed by atoms with van der Waals surface area (Å²) in [6, 6.07) is 3.67. The van der Waals surface area contributed by atoms with Gasteiger partial charge in [0.2, 0.25) is 6.23 Å². The van der Waals surface area contributed by atoms with Crippen LogP contribution in [0.15, 0.2) is 29.6 Å². The van der Waals surface area contributed by atoms with E-state index in [2.05, 4.69) is 9.98 Å². The van der Waals surface area contributed by atoms with Crippen LogP contribution < -0.4 is 26.1 Å². The molecule has 7 N–H and O–H groups in total. The van der Waals surface area contributed by atoms with Gasteiger partial charge in [-0.1, -0.05) is 0 Å². The van der Waals surface area contributed by atoms with Crippen LogP contribution in [0.3, 0.4) is 0 Å². The molecule has 172 valence electrons. The van der Waals surface area contributed by atoms with Crippen molar-refractivity contribution in [2.75, 3.05) is 18.0 Å². The Balaban J connectivity index is 1.76. The fraction of sp³-hybridized carbons (Fsp3) is 0.600. The monoisotopic (exact) mass is 444 g/mol. The molecule has 0 saturated carbocycles. The zero-order valence-electron chi connectivity index (χ0n) is 17.4. The van der Waals surface area contributed by atoms with E-state index in [0.29, 0.717) is 31.7 Å². The molecule has 2 aliphatic rings. The second-order valence-corrected chi connectivity index (χ2v) is 8.16. The molecule has 0 aromatic carbocycles. The number of aliphatic hydroxyl groups is 2. The molecular weight excluding hydrogens is 415 g/mol. The molecule has 0 spiro atoms. The molecule has 3 atom stereocenters. The second kappa shape index (κ2) is 8.91. The summed E-state index contributed by atoms with van der Waals surface area (Å²) in [7, 11) is 0. The van der Waals surface area contributed by atoms with Crippen LogP contribution in [0.25, 0.3) is 0 Å².